The molecular formula is C12H12F3N3O3. The minimum Gasteiger partial charge on any atom is -0.478 e. The van der Waals surface area contributed by atoms with Gasteiger partial charge in [-0.15, -0.1) is 0 Å². The fraction of sp³-hybridized carbons (Fsp3) is 0.583. The topological polar surface area (TPSA) is 84.3 Å². The summed E-state index contributed by atoms with van der Waals surface area (Å²) in [5, 5.41) is 11.6. The van der Waals surface area contributed by atoms with E-state index in [9.17, 15) is 18.0 Å². The predicted octanol–water partition coefficient (Wildman–Crippen LogP) is 1.93. The number of rotatable bonds is 3. The maximum absolute atomic E-state index is 12.8. The van der Waals surface area contributed by atoms with Crippen LogP contribution in [0.3, 0.4) is 0 Å². The molecule has 3 atom stereocenters. The van der Waals surface area contributed by atoms with Crippen LogP contribution in [0.5, 0.6) is 0 Å². The quantitative estimate of drug-likeness (QED) is 0.887. The molecular weight excluding hydrogens is 291 g/mol. The van der Waals surface area contributed by atoms with E-state index in [1.165, 1.54) is 0 Å². The van der Waals surface area contributed by atoms with Crippen LogP contribution in [0.2, 0.25) is 0 Å². The molecule has 21 heavy (non-hydrogen) atoms. The van der Waals surface area contributed by atoms with Gasteiger partial charge in [-0.2, -0.15) is 13.2 Å². The number of nitrogens with one attached hydrogen (secondary N) is 1. The Bertz CT molecular complexity index is 579. The van der Waals surface area contributed by atoms with Crippen LogP contribution in [0, 0.1) is 0 Å². The van der Waals surface area contributed by atoms with Gasteiger partial charge < -0.3 is 15.2 Å². The lowest BCUT2D eigenvalue weighted by atomic mass is 9.96. The average Bonchev–Trinajstić information content (AvgIpc) is 2.99. The first-order valence-corrected chi connectivity index (χ1v) is 6.44. The summed E-state index contributed by atoms with van der Waals surface area (Å²) in [5.41, 5.74) is -2.41. The summed E-state index contributed by atoms with van der Waals surface area (Å²) in [6.45, 7) is 0. The Hall–Kier alpha value is -1.90. The Morgan fingerprint density at radius 3 is 2.71 bits per heavy atom. The summed E-state index contributed by atoms with van der Waals surface area (Å²) in [6.07, 6.45) is -1.60. The number of ether oxygens (including phenoxy) is 1. The van der Waals surface area contributed by atoms with Crippen LogP contribution in [0.4, 0.5) is 19.1 Å². The number of carbonyl (C=O) groups is 1. The number of carboxylic acid groups (broad SMARTS) is 1. The molecule has 2 N–H and O–H groups in total. The van der Waals surface area contributed by atoms with Crippen molar-refractivity contribution in [1.82, 2.24) is 9.97 Å². The minimum absolute atomic E-state index is 0.0490. The van der Waals surface area contributed by atoms with E-state index in [-0.39, 0.29) is 24.2 Å². The van der Waals surface area contributed by atoms with Gasteiger partial charge in [0, 0.05) is 6.20 Å². The molecule has 2 saturated heterocycles. The van der Waals surface area contributed by atoms with Gasteiger partial charge in [-0.05, 0) is 19.3 Å². The van der Waals surface area contributed by atoms with Crippen LogP contribution in [-0.2, 0) is 10.9 Å². The standard InChI is InChI=1S/C12H12F3N3O3/c13-12(14,15)9-6(10(19)20)4-16-11(18-9)17-7-3-5-1-2-8(7)21-5/h4-5,7-8H,1-3H2,(H,19,20)(H,16,17,18)/t5-,7+,8?/m1/s1. The van der Waals surface area contributed by atoms with E-state index >= 15 is 0 Å². The number of aromatic nitrogens is 2. The smallest absolute Gasteiger partial charge is 0.434 e. The summed E-state index contributed by atoms with van der Waals surface area (Å²) in [6, 6.07) is -0.138. The summed E-state index contributed by atoms with van der Waals surface area (Å²) in [7, 11) is 0. The Morgan fingerprint density at radius 2 is 2.19 bits per heavy atom. The van der Waals surface area contributed by atoms with Gasteiger partial charge in [0.2, 0.25) is 5.95 Å². The van der Waals surface area contributed by atoms with Crippen LogP contribution in [-0.4, -0.2) is 39.3 Å². The van der Waals surface area contributed by atoms with Gasteiger partial charge >= 0.3 is 12.1 Å². The number of nitrogens with zero attached hydrogens (tertiary/aromatic N) is 2. The molecule has 1 unspecified atom stereocenters. The Morgan fingerprint density at radius 1 is 1.43 bits per heavy atom. The van der Waals surface area contributed by atoms with E-state index in [0.717, 1.165) is 12.8 Å². The third-order valence-electron chi connectivity index (χ3n) is 3.71. The number of halogens is 3. The van der Waals surface area contributed by atoms with Crippen molar-refractivity contribution in [3.8, 4) is 0 Å². The molecule has 0 radical (unpaired) electrons. The molecule has 6 nitrogen and oxygen atoms in total. The number of hydrogen-bond acceptors (Lipinski definition) is 5. The summed E-state index contributed by atoms with van der Waals surface area (Å²) < 4.78 is 44.1. The largest absolute Gasteiger partial charge is 0.478 e. The van der Waals surface area contributed by atoms with Crippen molar-refractivity contribution in [2.75, 3.05) is 5.32 Å². The molecule has 0 saturated carbocycles. The van der Waals surface area contributed by atoms with E-state index in [0.29, 0.717) is 12.6 Å². The van der Waals surface area contributed by atoms with Crippen molar-refractivity contribution in [3.63, 3.8) is 0 Å². The number of anilines is 1. The zero-order chi connectivity index (χ0) is 15.2. The van der Waals surface area contributed by atoms with E-state index in [1.807, 2.05) is 0 Å². The van der Waals surface area contributed by atoms with Crippen LogP contribution in [0.1, 0.15) is 35.3 Å². The monoisotopic (exact) mass is 303 g/mol. The minimum atomic E-state index is -4.85. The zero-order valence-electron chi connectivity index (χ0n) is 10.7. The third-order valence-corrected chi connectivity index (χ3v) is 3.71. The number of hydrogen-bond donors (Lipinski definition) is 2. The molecule has 1 aromatic rings. The van der Waals surface area contributed by atoms with E-state index < -0.39 is 23.4 Å². The Balaban J connectivity index is 1.85. The lowest BCUT2D eigenvalue weighted by molar-refractivity contribution is -0.141. The van der Waals surface area contributed by atoms with Gasteiger partial charge in [-0.3, -0.25) is 0 Å². The first kappa shape index (κ1) is 14.1. The van der Waals surface area contributed by atoms with Crippen molar-refractivity contribution < 1.29 is 27.8 Å². The molecule has 114 valence electrons. The van der Waals surface area contributed by atoms with Crippen molar-refractivity contribution in [2.45, 2.75) is 43.7 Å². The molecule has 0 aromatic carbocycles. The lowest BCUT2D eigenvalue weighted by Crippen LogP contribution is -2.31. The van der Waals surface area contributed by atoms with E-state index in [1.54, 1.807) is 0 Å². The average molecular weight is 303 g/mol. The summed E-state index contributed by atoms with van der Waals surface area (Å²) in [5.74, 6) is -1.94. The van der Waals surface area contributed by atoms with Crippen molar-refractivity contribution in [1.29, 1.82) is 0 Å². The molecule has 2 fully saturated rings. The highest BCUT2D eigenvalue weighted by Gasteiger charge is 2.42. The SMILES string of the molecule is O=C(O)c1cnc(N[C@H]2C[C@H]3CCC2O3)nc1C(F)(F)F. The van der Waals surface area contributed by atoms with Gasteiger partial charge in [0.15, 0.2) is 5.69 Å². The molecule has 3 heterocycles. The number of aromatic carboxylic acids is 1. The maximum Gasteiger partial charge on any atom is 0.434 e. The van der Waals surface area contributed by atoms with Gasteiger partial charge in [-0.1, -0.05) is 0 Å². The van der Waals surface area contributed by atoms with Gasteiger partial charge in [0.1, 0.15) is 5.56 Å². The number of alkyl halides is 3. The second-order valence-electron chi connectivity index (χ2n) is 5.12. The molecule has 0 amide bonds. The normalized spacial score (nSPS) is 27.9. The van der Waals surface area contributed by atoms with Gasteiger partial charge in [-0.25, -0.2) is 14.8 Å². The van der Waals surface area contributed by atoms with Gasteiger partial charge in [0.25, 0.3) is 0 Å². The first-order chi connectivity index (χ1) is 9.84. The van der Waals surface area contributed by atoms with E-state index in [4.69, 9.17) is 9.84 Å². The molecule has 9 heteroatoms. The van der Waals surface area contributed by atoms with Crippen molar-refractivity contribution in [2.24, 2.45) is 0 Å². The maximum atomic E-state index is 12.8. The lowest BCUT2D eigenvalue weighted by Gasteiger charge is -2.20. The second kappa shape index (κ2) is 4.83. The molecule has 0 spiro atoms. The Kier molecular flexibility index (Phi) is 3.23. The Labute approximate surface area is 117 Å². The van der Waals surface area contributed by atoms with E-state index in [2.05, 4.69) is 15.3 Å². The fourth-order valence-electron chi connectivity index (χ4n) is 2.78. The highest BCUT2D eigenvalue weighted by Crippen LogP contribution is 2.36. The summed E-state index contributed by atoms with van der Waals surface area (Å²) >= 11 is 0. The third kappa shape index (κ3) is 2.65. The number of carboxylic acids is 1. The fourth-order valence-corrected chi connectivity index (χ4v) is 2.78. The van der Waals surface area contributed by atoms with Crippen molar-refractivity contribution in [3.05, 3.63) is 17.5 Å². The molecule has 3 rings (SSSR count). The van der Waals surface area contributed by atoms with Crippen LogP contribution in [0.15, 0.2) is 6.20 Å². The zero-order valence-corrected chi connectivity index (χ0v) is 10.7. The second-order valence-corrected chi connectivity index (χ2v) is 5.12. The van der Waals surface area contributed by atoms with Crippen LogP contribution >= 0.6 is 0 Å². The molecule has 1 aromatic heterocycles. The van der Waals surface area contributed by atoms with Crippen molar-refractivity contribution >= 4 is 11.9 Å². The predicted molar refractivity (Wildman–Crippen MR) is 63.9 cm³/mol. The highest BCUT2D eigenvalue weighted by atomic mass is 19.4. The molecule has 0 aliphatic carbocycles. The summed E-state index contributed by atoms with van der Waals surface area (Å²) in [4.78, 5) is 17.8. The molecule has 2 bridgehead atoms. The van der Waals surface area contributed by atoms with Crippen LogP contribution < -0.4 is 5.32 Å². The van der Waals surface area contributed by atoms with Gasteiger partial charge in [0.05, 0.1) is 18.2 Å². The highest BCUT2D eigenvalue weighted by molar-refractivity contribution is 5.88. The van der Waals surface area contributed by atoms with Crippen LogP contribution in [0.25, 0.3) is 0 Å². The first-order valence-electron chi connectivity index (χ1n) is 6.44. The molecule has 2 aliphatic heterocycles. The number of fused-ring (bicyclic) bond motifs is 2. The molecule has 2 aliphatic rings.